The summed E-state index contributed by atoms with van der Waals surface area (Å²) < 4.78 is 0. The number of aromatic amines is 1. The molecule has 2 heterocycles. The number of aromatic nitrogens is 2. The number of thiophene rings is 1. The molecule has 3 nitrogen and oxygen atoms in total. The van der Waals surface area contributed by atoms with Gasteiger partial charge in [0.15, 0.2) is 0 Å². The van der Waals surface area contributed by atoms with Gasteiger partial charge in [0.05, 0.1) is 16.8 Å². The van der Waals surface area contributed by atoms with E-state index in [1.54, 1.807) is 11.3 Å². The summed E-state index contributed by atoms with van der Waals surface area (Å²) in [4.78, 5) is 8.89. The monoisotopic (exact) mass is 221 g/mol. The standard InChI is InChI=1S/C11H15N3S/c1-8(12)4-5-11-13-7-9(14-11)10-3-2-6-15-10/h2-3,6-8H,4-5,12H2,1H3,(H,13,14). The van der Waals surface area contributed by atoms with Crippen molar-refractivity contribution in [2.45, 2.75) is 25.8 Å². The molecule has 0 aliphatic carbocycles. The maximum Gasteiger partial charge on any atom is 0.106 e. The van der Waals surface area contributed by atoms with Crippen molar-refractivity contribution in [3.05, 3.63) is 29.5 Å². The van der Waals surface area contributed by atoms with E-state index in [4.69, 9.17) is 5.73 Å². The Labute approximate surface area is 93.4 Å². The lowest BCUT2D eigenvalue weighted by Crippen LogP contribution is -2.15. The number of rotatable bonds is 4. The number of nitrogens with zero attached hydrogens (tertiary/aromatic N) is 1. The molecule has 3 N–H and O–H groups in total. The van der Waals surface area contributed by atoms with Gasteiger partial charge in [-0.2, -0.15) is 0 Å². The predicted octanol–water partition coefficient (Wildman–Crippen LogP) is 2.42. The van der Waals surface area contributed by atoms with Gasteiger partial charge in [0, 0.05) is 12.5 Å². The van der Waals surface area contributed by atoms with Gasteiger partial charge in [0.1, 0.15) is 5.82 Å². The zero-order chi connectivity index (χ0) is 10.7. The average Bonchev–Trinajstić information content (AvgIpc) is 2.85. The van der Waals surface area contributed by atoms with Crippen LogP contribution in [0.2, 0.25) is 0 Å². The van der Waals surface area contributed by atoms with Crippen LogP contribution in [0.15, 0.2) is 23.7 Å². The molecule has 0 radical (unpaired) electrons. The molecule has 0 amide bonds. The fourth-order valence-electron chi connectivity index (χ4n) is 1.41. The van der Waals surface area contributed by atoms with Crippen LogP contribution in [0, 0.1) is 0 Å². The van der Waals surface area contributed by atoms with Crippen LogP contribution >= 0.6 is 11.3 Å². The van der Waals surface area contributed by atoms with Crippen molar-refractivity contribution in [3.63, 3.8) is 0 Å². The van der Waals surface area contributed by atoms with E-state index in [9.17, 15) is 0 Å². The predicted molar refractivity (Wildman–Crippen MR) is 63.9 cm³/mol. The highest BCUT2D eigenvalue weighted by Gasteiger charge is 2.04. The third-order valence-corrected chi connectivity index (χ3v) is 3.15. The molecule has 2 rings (SSSR count). The lowest BCUT2D eigenvalue weighted by atomic mass is 10.2. The molecule has 1 unspecified atom stereocenters. The summed E-state index contributed by atoms with van der Waals surface area (Å²) in [5.41, 5.74) is 6.80. The van der Waals surface area contributed by atoms with Crippen LogP contribution in [0.1, 0.15) is 19.2 Å². The first-order valence-electron chi connectivity index (χ1n) is 5.09. The fourth-order valence-corrected chi connectivity index (χ4v) is 2.10. The molecule has 2 aromatic rings. The van der Waals surface area contributed by atoms with E-state index in [-0.39, 0.29) is 6.04 Å². The van der Waals surface area contributed by atoms with Crippen LogP contribution in [0.3, 0.4) is 0 Å². The van der Waals surface area contributed by atoms with Gasteiger partial charge in [0.25, 0.3) is 0 Å². The largest absolute Gasteiger partial charge is 0.341 e. The SMILES string of the molecule is CC(N)CCc1ncc(-c2cccs2)[nH]1. The molecule has 0 saturated heterocycles. The Hall–Kier alpha value is -1.13. The average molecular weight is 221 g/mol. The molecule has 0 aliphatic heterocycles. The van der Waals surface area contributed by atoms with Crippen molar-refractivity contribution in [1.82, 2.24) is 9.97 Å². The summed E-state index contributed by atoms with van der Waals surface area (Å²) in [5, 5.41) is 2.07. The summed E-state index contributed by atoms with van der Waals surface area (Å²) in [6.45, 7) is 2.02. The summed E-state index contributed by atoms with van der Waals surface area (Å²) in [5.74, 6) is 1.02. The number of H-pyrrole nitrogens is 1. The first kappa shape index (κ1) is 10.4. The van der Waals surface area contributed by atoms with Gasteiger partial charge in [-0.15, -0.1) is 11.3 Å². The Morgan fingerprint density at radius 2 is 2.47 bits per heavy atom. The molecule has 0 saturated carbocycles. The maximum atomic E-state index is 5.70. The normalized spacial score (nSPS) is 12.9. The lowest BCUT2D eigenvalue weighted by molar-refractivity contribution is 0.652. The van der Waals surface area contributed by atoms with Crippen molar-refractivity contribution in [1.29, 1.82) is 0 Å². The van der Waals surface area contributed by atoms with Crippen LogP contribution in [0.4, 0.5) is 0 Å². The second-order valence-electron chi connectivity index (χ2n) is 3.74. The molecule has 2 aromatic heterocycles. The van der Waals surface area contributed by atoms with Crippen molar-refractivity contribution in [2.24, 2.45) is 5.73 Å². The van der Waals surface area contributed by atoms with Crippen molar-refractivity contribution in [2.75, 3.05) is 0 Å². The van der Waals surface area contributed by atoms with E-state index < -0.39 is 0 Å². The van der Waals surface area contributed by atoms with Gasteiger partial charge in [0.2, 0.25) is 0 Å². The van der Waals surface area contributed by atoms with Gasteiger partial charge in [-0.3, -0.25) is 0 Å². The van der Waals surface area contributed by atoms with Crippen molar-refractivity contribution in [3.8, 4) is 10.6 Å². The highest BCUT2D eigenvalue weighted by Crippen LogP contribution is 2.22. The maximum absolute atomic E-state index is 5.70. The van der Waals surface area contributed by atoms with E-state index in [1.807, 2.05) is 19.2 Å². The van der Waals surface area contributed by atoms with Crippen LogP contribution in [-0.2, 0) is 6.42 Å². The number of aryl methyl sites for hydroxylation is 1. The molecule has 4 heteroatoms. The number of imidazole rings is 1. The minimum Gasteiger partial charge on any atom is -0.341 e. The highest BCUT2D eigenvalue weighted by atomic mass is 32.1. The van der Waals surface area contributed by atoms with Crippen LogP contribution in [0.25, 0.3) is 10.6 Å². The second-order valence-corrected chi connectivity index (χ2v) is 4.68. The van der Waals surface area contributed by atoms with Gasteiger partial charge in [-0.25, -0.2) is 4.98 Å². The summed E-state index contributed by atoms with van der Waals surface area (Å²) in [6, 6.07) is 4.37. The Balaban J connectivity index is 2.04. The first-order chi connectivity index (χ1) is 7.25. The summed E-state index contributed by atoms with van der Waals surface area (Å²) >= 11 is 1.72. The van der Waals surface area contributed by atoms with Crippen LogP contribution in [-0.4, -0.2) is 16.0 Å². The molecule has 0 fully saturated rings. The second kappa shape index (κ2) is 4.59. The number of hydrogen-bond donors (Lipinski definition) is 2. The lowest BCUT2D eigenvalue weighted by Gasteiger charge is -2.01. The van der Waals surface area contributed by atoms with E-state index in [1.165, 1.54) is 4.88 Å². The van der Waals surface area contributed by atoms with Gasteiger partial charge in [-0.05, 0) is 24.8 Å². The van der Waals surface area contributed by atoms with Gasteiger partial charge in [-0.1, -0.05) is 6.07 Å². The zero-order valence-corrected chi connectivity index (χ0v) is 9.55. The summed E-state index contributed by atoms with van der Waals surface area (Å²) in [7, 11) is 0. The first-order valence-corrected chi connectivity index (χ1v) is 5.97. The van der Waals surface area contributed by atoms with E-state index in [0.717, 1.165) is 24.4 Å². The molecule has 1 atom stereocenters. The quantitative estimate of drug-likeness (QED) is 0.833. The smallest absolute Gasteiger partial charge is 0.106 e. The van der Waals surface area contributed by atoms with E-state index >= 15 is 0 Å². The highest BCUT2D eigenvalue weighted by molar-refractivity contribution is 7.13. The Morgan fingerprint density at radius 1 is 1.60 bits per heavy atom. The van der Waals surface area contributed by atoms with Crippen molar-refractivity contribution < 1.29 is 0 Å². The van der Waals surface area contributed by atoms with E-state index in [0.29, 0.717) is 0 Å². The van der Waals surface area contributed by atoms with Crippen molar-refractivity contribution >= 4 is 11.3 Å². The van der Waals surface area contributed by atoms with Crippen LogP contribution in [0.5, 0.6) is 0 Å². The van der Waals surface area contributed by atoms with Gasteiger partial charge >= 0.3 is 0 Å². The number of nitrogens with one attached hydrogen (secondary N) is 1. The third-order valence-electron chi connectivity index (χ3n) is 2.25. The number of nitrogens with two attached hydrogens (primary N) is 1. The molecule has 0 aromatic carbocycles. The minimum absolute atomic E-state index is 0.236. The molecule has 80 valence electrons. The summed E-state index contributed by atoms with van der Waals surface area (Å²) in [6.07, 6.45) is 3.78. The van der Waals surface area contributed by atoms with E-state index in [2.05, 4.69) is 21.4 Å². The number of hydrogen-bond acceptors (Lipinski definition) is 3. The Morgan fingerprint density at radius 3 is 3.13 bits per heavy atom. The molecule has 0 spiro atoms. The molecule has 15 heavy (non-hydrogen) atoms. The minimum atomic E-state index is 0.236. The molecule has 0 bridgehead atoms. The zero-order valence-electron chi connectivity index (χ0n) is 8.73. The molecule has 0 aliphatic rings. The van der Waals surface area contributed by atoms with Crippen LogP contribution < -0.4 is 5.73 Å². The Bertz CT molecular complexity index is 403. The topological polar surface area (TPSA) is 54.7 Å². The molecular weight excluding hydrogens is 206 g/mol. The fraction of sp³-hybridized carbons (Fsp3) is 0.364. The molecular formula is C11H15N3S. The third kappa shape index (κ3) is 2.67. The van der Waals surface area contributed by atoms with Gasteiger partial charge < -0.3 is 10.7 Å². The Kier molecular flexibility index (Phi) is 3.18.